The second-order valence-corrected chi connectivity index (χ2v) is 4.57. The molecule has 21 heavy (non-hydrogen) atoms. The van der Waals surface area contributed by atoms with E-state index in [0.717, 1.165) is 11.5 Å². The Morgan fingerprint density at radius 2 is 1.57 bits per heavy atom. The highest BCUT2D eigenvalue weighted by Crippen LogP contribution is 2.23. The maximum absolute atomic E-state index is 5.81. The van der Waals surface area contributed by atoms with Crippen LogP contribution >= 0.6 is 11.6 Å². The van der Waals surface area contributed by atoms with Crippen molar-refractivity contribution in [1.29, 1.82) is 0 Å². The Labute approximate surface area is 126 Å². The van der Waals surface area contributed by atoms with Crippen molar-refractivity contribution in [3.63, 3.8) is 0 Å². The molecule has 0 aliphatic heterocycles. The van der Waals surface area contributed by atoms with Gasteiger partial charge in [0.05, 0.1) is 0 Å². The van der Waals surface area contributed by atoms with E-state index in [9.17, 15) is 0 Å². The van der Waals surface area contributed by atoms with Gasteiger partial charge >= 0.3 is 0 Å². The molecule has 0 saturated carbocycles. The summed E-state index contributed by atoms with van der Waals surface area (Å²) >= 11 is 5.81. The maximum Gasteiger partial charge on any atom is 0.227 e. The number of halogens is 1. The first kappa shape index (κ1) is 13.5. The van der Waals surface area contributed by atoms with E-state index < -0.39 is 0 Å². The molecular weight excluding hydrogens is 290 g/mol. The van der Waals surface area contributed by atoms with Crippen LogP contribution in [0, 0.1) is 0 Å². The van der Waals surface area contributed by atoms with Gasteiger partial charge in [-0.1, -0.05) is 18.2 Å². The third-order valence-corrected chi connectivity index (χ3v) is 3.03. The molecule has 0 aliphatic carbocycles. The topological polar surface area (TPSA) is 49.2 Å². The van der Waals surface area contributed by atoms with Crippen molar-refractivity contribution in [1.82, 2.24) is 14.8 Å². The third kappa shape index (κ3) is 3.52. The van der Waals surface area contributed by atoms with Crippen molar-refractivity contribution in [2.75, 3.05) is 0 Å². The van der Waals surface area contributed by atoms with E-state index in [0.29, 0.717) is 11.0 Å². The van der Waals surface area contributed by atoms with Gasteiger partial charge in [-0.3, -0.25) is 4.57 Å². The van der Waals surface area contributed by atoms with Crippen molar-refractivity contribution >= 4 is 11.6 Å². The summed E-state index contributed by atoms with van der Waals surface area (Å²) in [5.41, 5.74) is 0. The Morgan fingerprint density at radius 3 is 2.24 bits per heavy atom. The van der Waals surface area contributed by atoms with Gasteiger partial charge in [0.15, 0.2) is 6.73 Å². The number of para-hydroxylation sites is 1. The predicted molar refractivity (Wildman–Crippen MR) is 78.6 cm³/mol. The number of ether oxygens (including phenoxy) is 2. The molecule has 0 bridgehead atoms. The zero-order valence-corrected chi connectivity index (χ0v) is 11.8. The van der Waals surface area contributed by atoms with Crippen LogP contribution in [0.3, 0.4) is 0 Å². The van der Waals surface area contributed by atoms with Crippen LogP contribution in [-0.2, 0) is 6.73 Å². The minimum Gasteiger partial charge on any atom is -0.473 e. The minimum atomic E-state index is 0.255. The highest BCUT2D eigenvalue weighted by Gasteiger charge is 2.02. The SMILES string of the molecule is Clc1nncn1COc1ccc(Oc2ccccc2)cc1. The molecule has 0 aliphatic rings. The Morgan fingerprint density at radius 1 is 0.905 bits per heavy atom. The summed E-state index contributed by atoms with van der Waals surface area (Å²) in [4.78, 5) is 0. The van der Waals surface area contributed by atoms with Crippen molar-refractivity contribution < 1.29 is 9.47 Å². The first-order valence-electron chi connectivity index (χ1n) is 6.30. The number of rotatable bonds is 5. The van der Waals surface area contributed by atoms with Gasteiger partial charge in [-0.25, -0.2) is 0 Å². The summed E-state index contributed by atoms with van der Waals surface area (Å²) in [6, 6.07) is 16.9. The number of aromatic nitrogens is 3. The molecule has 2 aromatic carbocycles. The Kier molecular flexibility index (Phi) is 4.02. The minimum absolute atomic E-state index is 0.255. The second kappa shape index (κ2) is 6.28. The quantitative estimate of drug-likeness (QED) is 0.720. The largest absolute Gasteiger partial charge is 0.473 e. The lowest BCUT2D eigenvalue weighted by atomic mass is 10.3. The summed E-state index contributed by atoms with van der Waals surface area (Å²) in [5.74, 6) is 2.25. The maximum atomic E-state index is 5.81. The first-order chi connectivity index (χ1) is 10.3. The summed E-state index contributed by atoms with van der Waals surface area (Å²) < 4.78 is 12.9. The molecule has 0 saturated heterocycles. The molecule has 6 heteroatoms. The van der Waals surface area contributed by atoms with Crippen LogP contribution in [-0.4, -0.2) is 14.8 Å². The molecule has 0 amide bonds. The molecule has 0 fully saturated rings. The fraction of sp³-hybridized carbons (Fsp3) is 0.0667. The standard InChI is InChI=1S/C15H12ClN3O2/c16-15-18-17-10-19(15)11-20-12-6-8-14(9-7-12)21-13-4-2-1-3-5-13/h1-10H,11H2. The van der Waals surface area contributed by atoms with Crippen LogP contribution in [0.5, 0.6) is 17.2 Å². The van der Waals surface area contributed by atoms with Crippen molar-refractivity contribution in [2.24, 2.45) is 0 Å². The van der Waals surface area contributed by atoms with Gasteiger partial charge in [-0.05, 0) is 48.0 Å². The van der Waals surface area contributed by atoms with Crippen LogP contribution in [0.2, 0.25) is 5.28 Å². The fourth-order valence-electron chi connectivity index (χ4n) is 1.70. The Balaban J connectivity index is 1.60. The predicted octanol–water partition coefficient (Wildman–Crippen LogP) is 3.76. The summed E-state index contributed by atoms with van der Waals surface area (Å²) in [6.45, 7) is 0.255. The van der Waals surface area contributed by atoms with Gasteiger partial charge < -0.3 is 9.47 Å². The molecule has 3 rings (SSSR count). The number of benzene rings is 2. The lowest BCUT2D eigenvalue weighted by molar-refractivity contribution is 0.236. The lowest BCUT2D eigenvalue weighted by Crippen LogP contribution is -2.03. The summed E-state index contributed by atoms with van der Waals surface area (Å²) in [6.07, 6.45) is 1.51. The lowest BCUT2D eigenvalue weighted by Gasteiger charge is -2.09. The van der Waals surface area contributed by atoms with Gasteiger partial charge in [0.1, 0.15) is 23.6 Å². The van der Waals surface area contributed by atoms with Crippen molar-refractivity contribution in [3.05, 3.63) is 66.2 Å². The summed E-state index contributed by atoms with van der Waals surface area (Å²) in [5, 5.41) is 7.64. The van der Waals surface area contributed by atoms with E-state index in [1.165, 1.54) is 6.33 Å². The molecule has 1 aromatic heterocycles. The van der Waals surface area contributed by atoms with Gasteiger partial charge in [-0.15, -0.1) is 10.2 Å². The highest BCUT2D eigenvalue weighted by atomic mass is 35.5. The number of hydrogen-bond acceptors (Lipinski definition) is 4. The highest BCUT2D eigenvalue weighted by molar-refractivity contribution is 6.28. The summed E-state index contributed by atoms with van der Waals surface area (Å²) in [7, 11) is 0. The molecule has 3 aromatic rings. The molecule has 106 valence electrons. The molecule has 0 unspecified atom stereocenters. The van der Waals surface area contributed by atoms with Crippen LogP contribution < -0.4 is 9.47 Å². The monoisotopic (exact) mass is 301 g/mol. The zero-order valence-electron chi connectivity index (χ0n) is 11.0. The molecule has 1 heterocycles. The molecule has 0 N–H and O–H groups in total. The van der Waals surface area contributed by atoms with Crippen molar-refractivity contribution in [2.45, 2.75) is 6.73 Å². The Hall–Kier alpha value is -2.53. The molecule has 0 spiro atoms. The van der Waals surface area contributed by atoms with Crippen LogP contribution in [0.1, 0.15) is 0 Å². The number of nitrogens with zero attached hydrogens (tertiary/aromatic N) is 3. The van der Waals surface area contributed by atoms with Crippen LogP contribution in [0.15, 0.2) is 60.9 Å². The van der Waals surface area contributed by atoms with E-state index in [2.05, 4.69) is 10.2 Å². The molecular formula is C15H12ClN3O2. The third-order valence-electron chi connectivity index (χ3n) is 2.74. The van der Waals surface area contributed by atoms with Crippen LogP contribution in [0.4, 0.5) is 0 Å². The van der Waals surface area contributed by atoms with E-state index in [4.69, 9.17) is 21.1 Å². The normalized spacial score (nSPS) is 10.3. The smallest absolute Gasteiger partial charge is 0.227 e. The fourth-order valence-corrected chi connectivity index (χ4v) is 1.84. The van der Waals surface area contributed by atoms with E-state index in [1.54, 1.807) is 4.57 Å². The molecule has 0 radical (unpaired) electrons. The van der Waals surface area contributed by atoms with Gasteiger partial charge in [0, 0.05) is 0 Å². The van der Waals surface area contributed by atoms with E-state index in [1.807, 2.05) is 54.6 Å². The van der Waals surface area contributed by atoms with Crippen LogP contribution in [0.25, 0.3) is 0 Å². The molecule has 5 nitrogen and oxygen atoms in total. The average Bonchev–Trinajstić information content (AvgIpc) is 2.93. The van der Waals surface area contributed by atoms with Crippen molar-refractivity contribution in [3.8, 4) is 17.2 Å². The van der Waals surface area contributed by atoms with E-state index >= 15 is 0 Å². The zero-order chi connectivity index (χ0) is 14.5. The van der Waals surface area contributed by atoms with Gasteiger partial charge in [0.2, 0.25) is 5.28 Å². The first-order valence-corrected chi connectivity index (χ1v) is 6.68. The van der Waals surface area contributed by atoms with Gasteiger partial charge in [0.25, 0.3) is 0 Å². The number of hydrogen-bond donors (Lipinski definition) is 0. The molecule has 0 atom stereocenters. The second-order valence-electron chi connectivity index (χ2n) is 4.23. The van der Waals surface area contributed by atoms with E-state index in [-0.39, 0.29) is 6.73 Å². The Bertz CT molecular complexity index is 698. The van der Waals surface area contributed by atoms with Gasteiger partial charge in [-0.2, -0.15) is 0 Å². The average molecular weight is 302 g/mol.